The van der Waals surface area contributed by atoms with Crippen LogP contribution in [0.3, 0.4) is 0 Å². The van der Waals surface area contributed by atoms with Crippen LogP contribution in [-0.4, -0.2) is 22.8 Å². The van der Waals surface area contributed by atoms with Gasteiger partial charge in [0, 0.05) is 41.3 Å². The van der Waals surface area contributed by atoms with E-state index in [1.165, 1.54) is 12.1 Å². The zero-order valence-corrected chi connectivity index (χ0v) is 20.8. The van der Waals surface area contributed by atoms with Crippen LogP contribution in [-0.2, 0) is 16.2 Å². The Morgan fingerprint density at radius 3 is 2.46 bits per heavy atom. The van der Waals surface area contributed by atoms with E-state index in [2.05, 4.69) is 9.97 Å². The third-order valence-electron chi connectivity index (χ3n) is 5.47. The molecule has 0 saturated heterocycles. The van der Waals surface area contributed by atoms with Crippen LogP contribution in [0.1, 0.15) is 5.56 Å². The fourth-order valence-electron chi connectivity index (χ4n) is 3.73. The van der Waals surface area contributed by atoms with Gasteiger partial charge in [0.2, 0.25) is 0 Å². The Labute approximate surface area is 222 Å². The summed E-state index contributed by atoms with van der Waals surface area (Å²) >= 11 is 6.17. The van der Waals surface area contributed by atoms with Gasteiger partial charge in [-0.3, -0.25) is 9.12 Å². The van der Waals surface area contributed by atoms with E-state index in [0.717, 1.165) is 6.20 Å². The lowest BCUT2D eigenvalue weighted by atomic mass is 10.1. The highest BCUT2D eigenvalue weighted by Crippen LogP contribution is 2.38. The maximum Gasteiger partial charge on any atom is 0.416 e. The summed E-state index contributed by atoms with van der Waals surface area (Å²) in [6.07, 6.45) is -0.797. The van der Waals surface area contributed by atoms with Gasteiger partial charge in [0.25, 0.3) is 10.0 Å². The molecule has 0 amide bonds. The molecule has 0 unspecified atom stereocenters. The van der Waals surface area contributed by atoms with Crippen LogP contribution in [0.5, 0.6) is 11.5 Å². The summed E-state index contributed by atoms with van der Waals surface area (Å²) < 4.78 is 103. The lowest BCUT2D eigenvalue weighted by molar-refractivity contribution is -0.137. The molecule has 7 nitrogen and oxygen atoms in total. The second-order valence-corrected chi connectivity index (χ2v) is 10.1. The average molecular weight is 581 g/mol. The zero-order chi connectivity index (χ0) is 27.9. The van der Waals surface area contributed by atoms with E-state index < -0.39 is 49.9 Å². The van der Waals surface area contributed by atoms with Crippen LogP contribution in [0, 0.1) is 11.6 Å². The first kappa shape index (κ1) is 26.4. The lowest BCUT2D eigenvalue weighted by Gasteiger charge is -2.15. The largest absolute Gasteiger partial charge is 0.453 e. The van der Waals surface area contributed by atoms with Crippen LogP contribution < -0.4 is 9.46 Å². The van der Waals surface area contributed by atoms with Crippen molar-refractivity contribution in [2.75, 3.05) is 4.72 Å². The molecule has 1 N–H and O–H groups in total. The predicted octanol–water partition coefficient (Wildman–Crippen LogP) is 6.94. The summed E-state index contributed by atoms with van der Waals surface area (Å²) in [6, 6.07) is 11.6. The summed E-state index contributed by atoms with van der Waals surface area (Å²) in [6.45, 7) is 0. The number of imidazole rings is 1. The molecule has 5 aromatic rings. The highest BCUT2D eigenvalue weighted by molar-refractivity contribution is 7.92. The molecular formula is C25H14ClF5N4O3S. The van der Waals surface area contributed by atoms with Crippen molar-refractivity contribution in [3.8, 4) is 22.8 Å². The van der Waals surface area contributed by atoms with Gasteiger partial charge in [0.05, 0.1) is 11.3 Å². The van der Waals surface area contributed by atoms with Crippen LogP contribution in [0.25, 0.3) is 16.9 Å². The van der Waals surface area contributed by atoms with E-state index in [1.807, 2.05) is 0 Å². The molecule has 0 fully saturated rings. The number of sulfonamides is 1. The molecule has 0 radical (unpaired) electrons. The molecule has 3 heterocycles. The summed E-state index contributed by atoms with van der Waals surface area (Å²) in [7, 11) is -4.87. The predicted molar refractivity (Wildman–Crippen MR) is 132 cm³/mol. The van der Waals surface area contributed by atoms with Gasteiger partial charge < -0.3 is 4.74 Å². The summed E-state index contributed by atoms with van der Waals surface area (Å²) in [5.41, 5.74) is 0.393. The smallest absolute Gasteiger partial charge is 0.416 e. The number of halogens is 6. The number of fused-ring (bicyclic) bond motifs is 1. The van der Waals surface area contributed by atoms with E-state index in [-0.39, 0.29) is 5.75 Å². The number of nitrogens with one attached hydrogen (secondary N) is 1. The van der Waals surface area contributed by atoms with Crippen LogP contribution in [0.4, 0.5) is 27.8 Å². The Bertz CT molecular complexity index is 1830. The third kappa shape index (κ3) is 5.36. The maximum atomic E-state index is 15.0. The number of anilines is 1. The van der Waals surface area contributed by atoms with Gasteiger partial charge in [-0.05, 0) is 42.5 Å². The molecule has 39 heavy (non-hydrogen) atoms. The van der Waals surface area contributed by atoms with Crippen molar-refractivity contribution in [2.24, 2.45) is 0 Å². The minimum absolute atomic E-state index is 0.0702. The van der Waals surface area contributed by atoms with Crippen molar-refractivity contribution in [3.63, 3.8) is 0 Å². The second-order valence-electron chi connectivity index (χ2n) is 8.06. The summed E-state index contributed by atoms with van der Waals surface area (Å²) in [5, 5.41) is 0.330. The Morgan fingerprint density at radius 1 is 0.897 bits per heavy atom. The quantitative estimate of drug-likeness (QED) is 0.220. The van der Waals surface area contributed by atoms with Crippen molar-refractivity contribution >= 4 is 33.1 Å². The Kier molecular flexibility index (Phi) is 6.64. The molecule has 0 spiro atoms. The SMILES string of the molecule is O=S(=O)(Nc1cc(C(F)(F)F)ccn1)c1cc(F)c(Oc2ccc(Cl)cc2-c2cccc3nccn23)cc1F. The maximum absolute atomic E-state index is 15.0. The molecule has 0 atom stereocenters. The molecule has 3 aromatic heterocycles. The van der Waals surface area contributed by atoms with E-state index in [9.17, 15) is 26.0 Å². The molecule has 5 rings (SSSR count). The van der Waals surface area contributed by atoms with Gasteiger partial charge in [-0.1, -0.05) is 17.7 Å². The number of nitrogens with zero attached hydrogens (tertiary/aromatic N) is 3. The first-order valence-electron chi connectivity index (χ1n) is 10.9. The van der Waals surface area contributed by atoms with Crippen molar-refractivity contribution in [2.45, 2.75) is 11.1 Å². The third-order valence-corrected chi connectivity index (χ3v) is 7.07. The first-order valence-corrected chi connectivity index (χ1v) is 12.7. The molecule has 0 bridgehead atoms. The molecular weight excluding hydrogens is 567 g/mol. The van der Waals surface area contributed by atoms with Gasteiger partial charge >= 0.3 is 6.18 Å². The molecule has 0 aliphatic carbocycles. The molecule has 0 aliphatic rings. The van der Waals surface area contributed by atoms with Crippen LogP contribution in [0.15, 0.2) is 84.1 Å². The van der Waals surface area contributed by atoms with E-state index in [1.54, 1.807) is 45.8 Å². The van der Waals surface area contributed by atoms with Gasteiger partial charge in [0.1, 0.15) is 27.9 Å². The fraction of sp³-hybridized carbons (Fsp3) is 0.0400. The number of hydrogen-bond donors (Lipinski definition) is 1. The average Bonchev–Trinajstić information content (AvgIpc) is 3.35. The number of pyridine rings is 2. The first-order chi connectivity index (χ1) is 18.4. The normalized spacial score (nSPS) is 12.1. The van der Waals surface area contributed by atoms with Crippen molar-refractivity contribution in [1.29, 1.82) is 0 Å². The number of ether oxygens (including phenoxy) is 1. The Morgan fingerprint density at radius 2 is 1.69 bits per heavy atom. The Hall–Kier alpha value is -4.23. The summed E-state index contributed by atoms with van der Waals surface area (Å²) in [4.78, 5) is 6.55. The van der Waals surface area contributed by atoms with E-state index in [4.69, 9.17) is 16.3 Å². The van der Waals surface area contributed by atoms with Crippen molar-refractivity contribution < 1.29 is 35.1 Å². The zero-order valence-electron chi connectivity index (χ0n) is 19.2. The second kappa shape index (κ2) is 9.82. The van der Waals surface area contributed by atoms with E-state index in [0.29, 0.717) is 46.2 Å². The number of aromatic nitrogens is 3. The van der Waals surface area contributed by atoms with Crippen LogP contribution in [0.2, 0.25) is 5.02 Å². The fourth-order valence-corrected chi connectivity index (χ4v) is 4.97. The number of rotatable bonds is 6. The van der Waals surface area contributed by atoms with Crippen molar-refractivity contribution in [1.82, 2.24) is 14.4 Å². The van der Waals surface area contributed by atoms with Crippen molar-refractivity contribution in [3.05, 3.63) is 101 Å². The number of benzene rings is 2. The van der Waals surface area contributed by atoms with Gasteiger partial charge in [-0.15, -0.1) is 0 Å². The number of alkyl halides is 3. The minimum atomic E-state index is -4.87. The van der Waals surface area contributed by atoms with Crippen LogP contribution >= 0.6 is 11.6 Å². The van der Waals surface area contributed by atoms with Gasteiger partial charge in [-0.25, -0.2) is 27.2 Å². The molecule has 2 aromatic carbocycles. The lowest BCUT2D eigenvalue weighted by Crippen LogP contribution is -2.17. The van der Waals surface area contributed by atoms with E-state index >= 15 is 4.39 Å². The topological polar surface area (TPSA) is 85.6 Å². The molecule has 0 saturated carbocycles. The highest BCUT2D eigenvalue weighted by atomic mass is 35.5. The molecule has 14 heteroatoms. The molecule has 200 valence electrons. The monoisotopic (exact) mass is 580 g/mol. The van der Waals surface area contributed by atoms with Gasteiger partial charge in [-0.2, -0.15) is 13.2 Å². The number of hydrogen-bond acceptors (Lipinski definition) is 5. The Balaban J connectivity index is 1.49. The summed E-state index contributed by atoms with van der Waals surface area (Å²) in [5.74, 6) is -3.98. The standard InChI is InChI=1S/C25H14ClF5N4O3S/c26-15-4-5-20(16(11-15)19-2-1-3-24-33-8-9-35(19)24)38-21-12-18(28)22(13-17(21)27)39(36,37)34-23-10-14(6-7-32-23)25(29,30)31/h1-13H,(H,32,34). The van der Waals surface area contributed by atoms with Gasteiger partial charge in [0.15, 0.2) is 11.6 Å². The highest BCUT2D eigenvalue weighted by Gasteiger charge is 2.31. The minimum Gasteiger partial charge on any atom is -0.453 e. The molecule has 0 aliphatic heterocycles.